The number of esters is 1. The topological polar surface area (TPSA) is 65.1 Å². The van der Waals surface area contributed by atoms with E-state index in [4.69, 9.17) is 14.2 Å². The van der Waals surface area contributed by atoms with Crippen LogP contribution in [0.3, 0.4) is 0 Å². The SMILES string of the molecule is COc1cccc(C(=O)O[C@@H](C)C(=O)N2CCC(C)CC2)c1OC. The summed E-state index contributed by atoms with van der Waals surface area (Å²) in [4.78, 5) is 26.6. The molecule has 0 radical (unpaired) electrons. The Morgan fingerprint density at radius 3 is 2.42 bits per heavy atom. The number of ether oxygens (including phenoxy) is 3. The Morgan fingerprint density at radius 2 is 1.83 bits per heavy atom. The maximum absolute atomic E-state index is 12.4. The molecule has 132 valence electrons. The van der Waals surface area contributed by atoms with Crippen LogP contribution in [-0.4, -0.2) is 50.2 Å². The number of methoxy groups -OCH3 is 2. The monoisotopic (exact) mass is 335 g/mol. The van der Waals surface area contributed by atoms with Gasteiger partial charge in [0.15, 0.2) is 17.6 Å². The van der Waals surface area contributed by atoms with Gasteiger partial charge in [0.2, 0.25) is 0 Å². The number of nitrogens with zero attached hydrogens (tertiary/aromatic N) is 1. The molecule has 0 bridgehead atoms. The summed E-state index contributed by atoms with van der Waals surface area (Å²) in [5.74, 6) is 0.620. The van der Waals surface area contributed by atoms with Gasteiger partial charge in [-0.1, -0.05) is 13.0 Å². The lowest BCUT2D eigenvalue weighted by molar-refractivity contribution is -0.141. The van der Waals surface area contributed by atoms with Gasteiger partial charge in [-0.15, -0.1) is 0 Å². The predicted octanol–water partition coefficient (Wildman–Crippen LogP) is 2.51. The van der Waals surface area contributed by atoms with Crippen LogP contribution in [0, 0.1) is 5.92 Å². The largest absolute Gasteiger partial charge is 0.493 e. The molecule has 0 spiro atoms. The zero-order valence-electron chi connectivity index (χ0n) is 14.7. The number of rotatable bonds is 5. The van der Waals surface area contributed by atoms with Crippen LogP contribution in [0.15, 0.2) is 18.2 Å². The Morgan fingerprint density at radius 1 is 1.17 bits per heavy atom. The van der Waals surface area contributed by atoms with Crippen LogP contribution in [0.4, 0.5) is 0 Å². The van der Waals surface area contributed by atoms with Gasteiger partial charge < -0.3 is 19.1 Å². The molecular formula is C18H25NO5. The van der Waals surface area contributed by atoms with Gasteiger partial charge in [-0.25, -0.2) is 4.79 Å². The summed E-state index contributed by atoms with van der Waals surface area (Å²) < 4.78 is 15.8. The first kappa shape index (κ1) is 18.1. The van der Waals surface area contributed by atoms with Gasteiger partial charge in [0.1, 0.15) is 5.56 Å². The van der Waals surface area contributed by atoms with Gasteiger partial charge in [0, 0.05) is 13.1 Å². The number of hydrogen-bond donors (Lipinski definition) is 0. The number of hydrogen-bond acceptors (Lipinski definition) is 5. The van der Waals surface area contributed by atoms with Crippen molar-refractivity contribution in [2.24, 2.45) is 5.92 Å². The Balaban J connectivity index is 2.05. The molecular weight excluding hydrogens is 310 g/mol. The molecule has 24 heavy (non-hydrogen) atoms. The molecule has 1 atom stereocenters. The lowest BCUT2D eigenvalue weighted by Crippen LogP contribution is -2.44. The van der Waals surface area contributed by atoms with Crippen molar-refractivity contribution in [1.29, 1.82) is 0 Å². The van der Waals surface area contributed by atoms with Crippen molar-refractivity contribution in [3.8, 4) is 11.5 Å². The molecule has 6 nitrogen and oxygen atoms in total. The number of carbonyl (C=O) groups is 2. The van der Waals surface area contributed by atoms with Crippen molar-refractivity contribution in [3.63, 3.8) is 0 Å². The minimum absolute atomic E-state index is 0.155. The fraction of sp³-hybridized carbons (Fsp3) is 0.556. The van der Waals surface area contributed by atoms with E-state index in [1.54, 1.807) is 30.0 Å². The third kappa shape index (κ3) is 3.99. The summed E-state index contributed by atoms with van der Waals surface area (Å²) in [5, 5.41) is 0. The van der Waals surface area contributed by atoms with Crippen molar-refractivity contribution in [1.82, 2.24) is 4.90 Å². The fourth-order valence-corrected chi connectivity index (χ4v) is 2.81. The summed E-state index contributed by atoms with van der Waals surface area (Å²) in [6.45, 7) is 5.21. The number of piperidine rings is 1. The normalized spacial score (nSPS) is 16.4. The van der Waals surface area contributed by atoms with Crippen LogP contribution in [-0.2, 0) is 9.53 Å². The second-order valence-electron chi connectivity index (χ2n) is 6.10. The molecule has 0 unspecified atom stereocenters. The molecule has 1 aromatic rings. The number of amides is 1. The van der Waals surface area contributed by atoms with E-state index >= 15 is 0 Å². The lowest BCUT2D eigenvalue weighted by atomic mass is 9.99. The van der Waals surface area contributed by atoms with Crippen LogP contribution < -0.4 is 9.47 Å². The van der Waals surface area contributed by atoms with Crippen LogP contribution in [0.1, 0.15) is 37.0 Å². The van der Waals surface area contributed by atoms with E-state index < -0.39 is 12.1 Å². The van der Waals surface area contributed by atoms with E-state index in [1.165, 1.54) is 14.2 Å². The molecule has 0 saturated carbocycles. The fourth-order valence-electron chi connectivity index (χ4n) is 2.81. The molecule has 0 N–H and O–H groups in total. The third-order valence-electron chi connectivity index (χ3n) is 4.35. The first-order valence-electron chi connectivity index (χ1n) is 8.18. The number of likely N-dealkylation sites (tertiary alicyclic amines) is 1. The zero-order valence-corrected chi connectivity index (χ0v) is 14.7. The van der Waals surface area contributed by atoms with Crippen LogP contribution in [0.2, 0.25) is 0 Å². The average Bonchev–Trinajstić information content (AvgIpc) is 2.60. The van der Waals surface area contributed by atoms with Crippen molar-refractivity contribution in [2.75, 3.05) is 27.3 Å². The van der Waals surface area contributed by atoms with E-state index in [0.717, 1.165) is 12.8 Å². The Hall–Kier alpha value is -2.24. The Labute approximate surface area is 142 Å². The van der Waals surface area contributed by atoms with Crippen molar-refractivity contribution < 1.29 is 23.8 Å². The summed E-state index contributed by atoms with van der Waals surface area (Å²) in [6, 6.07) is 4.96. The van der Waals surface area contributed by atoms with Crippen molar-refractivity contribution in [2.45, 2.75) is 32.8 Å². The molecule has 1 heterocycles. The summed E-state index contributed by atoms with van der Waals surface area (Å²) in [5.41, 5.74) is 0.240. The maximum Gasteiger partial charge on any atom is 0.342 e. The number of benzene rings is 1. The second-order valence-corrected chi connectivity index (χ2v) is 6.10. The van der Waals surface area contributed by atoms with Gasteiger partial charge in [-0.05, 0) is 37.8 Å². The summed E-state index contributed by atoms with van der Waals surface area (Å²) in [7, 11) is 2.95. The highest BCUT2D eigenvalue weighted by molar-refractivity contribution is 5.95. The maximum atomic E-state index is 12.4. The molecule has 0 aromatic heterocycles. The average molecular weight is 335 g/mol. The highest BCUT2D eigenvalue weighted by Crippen LogP contribution is 2.31. The molecule has 1 amide bonds. The van der Waals surface area contributed by atoms with Gasteiger partial charge >= 0.3 is 5.97 Å². The molecule has 1 aliphatic rings. The summed E-state index contributed by atoms with van der Waals surface area (Å²) >= 11 is 0. The number of para-hydroxylation sites is 1. The first-order chi connectivity index (χ1) is 11.5. The van der Waals surface area contributed by atoms with Gasteiger partial charge in [-0.2, -0.15) is 0 Å². The lowest BCUT2D eigenvalue weighted by Gasteiger charge is -2.31. The smallest absolute Gasteiger partial charge is 0.342 e. The Kier molecular flexibility index (Phi) is 6.06. The standard InChI is InChI=1S/C18H25NO5/c1-12-8-10-19(11-9-12)17(20)13(2)24-18(21)14-6-5-7-15(22-3)16(14)23-4/h5-7,12-13H,8-11H2,1-4H3/t13-/m0/s1. The molecule has 0 aliphatic carbocycles. The summed E-state index contributed by atoms with van der Waals surface area (Å²) in [6.07, 6.45) is 1.13. The van der Waals surface area contributed by atoms with E-state index in [1.807, 2.05) is 0 Å². The van der Waals surface area contributed by atoms with Crippen molar-refractivity contribution in [3.05, 3.63) is 23.8 Å². The number of carbonyl (C=O) groups excluding carboxylic acids is 2. The molecule has 6 heteroatoms. The molecule has 1 aromatic carbocycles. The van der Waals surface area contributed by atoms with Gasteiger partial charge in [0.05, 0.1) is 14.2 Å². The third-order valence-corrected chi connectivity index (χ3v) is 4.35. The quantitative estimate of drug-likeness (QED) is 0.774. The second kappa shape index (κ2) is 8.04. The van der Waals surface area contributed by atoms with Crippen LogP contribution in [0.5, 0.6) is 11.5 Å². The molecule has 1 saturated heterocycles. The highest BCUT2D eigenvalue weighted by atomic mass is 16.6. The van der Waals surface area contributed by atoms with Crippen LogP contribution in [0.25, 0.3) is 0 Å². The van der Waals surface area contributed by atoms with E-state index in [-0.39, 0.29) is 11.5 Å². The van der Waals surface area contributed by atoms with E-state index in [2.05, 4.69) is 6.92 Å². The highest BCUT2D eigenvalue weighted by Gasteiger charge is 2.28. The van der Waals surface area contributed by atoms with Crippen LogP contribution >= 0.6 is 0 Å². The molecule has 1 fully saturated rings. The first-order valence-corrected chi connectivity index (χ1v) is 8.18. The van der Waals surface area contributed by atoms with Crippen molar-refractivity contribution >= 4 is 11.9 Å². The van der Waals surface area contributed by atoms with E-state index in [0.29, 0.717) is 30.5 Å². The minimum atomic E-state index is -0.832. The molecule has 2 rings (SSSR count). The van der Waals surface area contributed by atoms with E-state index in [9.17, 15) is 9.59 Å². The Bertz CT molecular complexity index is 593. The zero-order chi connectivity index (χ0) is 17.7. The van der Waals surface area contributed by atoms with Gasteiger partial charge in [0.25, 0.3) is 5.91 Å². The molecule has 1 aliphatic heterocycles. The van der Waals surface area contributed by atoms with Gasteiger partial charge in [-0.3, -0.25) is 4.79 Å². The minimum Gasteiger partial charge on any atom is -0.493 e. The predicted molar refractivity (Wildman–Crippen MR) is 89.4 cm³/mol.